The summed E-state index contributed by atoms with van der Waals surface area (Å²) in [5.74, 6) is 0.790. The van der Waals surface area contributed by atoms with E-state index in [0.717, 1.165) is 16.2 Å². The molecule has 1 heterocycles. The highest BCUT2D eigenvalue weighted by molar-refractivity contribution is 7.12. The quantitative estimate of drug-likeness (QED) is 0.443. The predicted molar refractivity (Wildman–Crippen MR) is 81.5 cm³/mol. The van der Waals surface area contributed by atoms with E-state index in [1.165, 1.54) is 11.3 Å². The molecule has 4 heteroatoms. The maximum atomic E-state index is 11.9. The zero-order valence-corrected chi connectivity index (χ0v) is 12.1. The third-order valence-corrected chi connectivity index (χ3v) is 3.49. The molecule has 2 rings (SSSR count). The monoisotopic (exact) mass is 288 g/mol. The molecule has 0 aliphatic carbocycles. The largest absolute Gasteiger partial charge is 0.491 e. The molecule has 0 aliphatic rings. The highest BCUT2D eigenvalue weighted by Crippen LogP contribution is 2.16. The number of hydrogen-bond acceptors (Lipinski definition) is 4. The molecular formula is C16H16O3S. The number of hydrogen-bond donors (Lipinski definition) is 0. The van der Waals surface area contributed by atoms with Gasteiger partial charge in [0.25, 0.3) is 0 Å². The maximum absolute atomic E-state index is 11.9. The fourth-order valence-electron chi connectivity index (χ4n) is 1.62. The Morgan fingerprint density at radius 3 is 2.90 bits per heavy atom. The van der Waals surface area contributed by atoms with E-state index in [2.05, 4.69) is 0 Å². The van der Waals surface area contributed by atoms with Crippen LogP contribution < -0.4 is 4.74 Å². The molecule has 1 aromatic heterocycles. The van der Waals surface area contributed by atoms with Gasteiger partial charge in [-0.1, -0.05) is 24.3 Å². The first-order valence-corrected chi connectivity index (χ1v) is 7.15. The minimum atomic E-state index is 0.0192. The van der Waals surface area contributed by atoms with Crippen LogP contribution in [0, 0.1) is 0 Å². The second kappa shape index (κ2) is 7.62. The van der Waals surface area contributed by atoms with Gasteiger partial charge in [0.05, 0.1) is 11.5 Å². The van der Waals surface area contributed by atoms with Crippen LogP contribution >= 0.6 is 11.3 Å². The Kier molecular flexibility index (Phi) is 5.53. The maximum Gasteiger partial charge on any atom is 0.195 e. The Labute approximate surface area is 122 Å². The van der Waals surface area contributed by atoms with Gasteiger partial charge in [0.2, 0.25) is 0 Å². The summed E-state index contributed by atoms with van der Waals surface area (Å²) in [6.07, 6.45) is 3.38. The normalized spacial score (nSPS) is 10.8. The summed E-state index contributed by atoms with van der Waals surface area (Å²) in [6.45, 7) is 1.06. The van der Waals surface area contributed by atoms with Crippen molar-refractivity contribution in [2.75, 3.05) is 20.3 Å². The lowest BCUT2D eigenvalue weighted by atomic mass is 10.2. The highest BCUT2D eigenvalue weighted by Gasteiger charge is 2.01. The summed E-state index contributed by atoms with van der Waals surface area (Å²) in [5.41, 5.74) is 0.935. The average molecular weight is 288 g/mol. The number of carbonyl (C=O) groups is 1. The lowest BCUT2D eigenvalue weighted by Crippen LogP contribution is -2.04. The van der Waals surface area contributed by atoms with Gasteiger partial charge >= 0.3 is 0 Å². The van der Waals surface area contributed by atoms with Crippen molar-refractivity contribution < 1.29 is 14.3 Å². The van der Waals surface area contributed by atoms with E-state index in [1.54, 1.807) is 19.3 Å². The van der Waals surface area contributed by atoms with E-state index in [1.807, 2.05) is 41.8 Å². The molecule has 0 amide bonds. The van der Waals surface area contributed by atoms with Crippen LogP contribution in [0.25, 0.3) is 6.08 Å². The van der Waals surface area contributed by atoms with Crippen LogP contribution in [0.15, 0.2) is 47.9 Å². The van der Waals surface area contributed by atoms with Crippen LogP contribution in [0.1, 0.15) is 15.2 Å². The number of thiophene rings is 1. The molecule has 0 bridgehead atoms. The Morgan fingerprint density at radius 1 is 1.25 bits per heavy atom. The molecule has 0 aliphatic heterocycles. The minimum Gasteiger partial charge on any atom is -0.491 e. The molecule has 104 valence electrons. The fraction of sp³-hybridized carbons (Fsp3) is 0.188. The summed E-state index contributed by atoms with van der Waals surface area (Å²) in [6, 6.07) is 11.3. The first-order chi connectivity index (χ1) is 9.79. The molecular weight excluding hydrogens is 272 g/mol. The molecule has 0 N–H and O–H groups in total. The van der Waals surface area contributed by atoms with Gasteiger partial charge < -0.3 is 9.47 Å². The zero-order chi connectivity index (χ0) is 14.2. The second-order valence-corrected chi connectivity index (χ2v) is 5.04. The Hall–Kier alpha value is -1.91. The van der Waals surface area contributed by atoms with Gasteiger partial charge in [-0.25, -0.2) is 0 Å². The van der Waals surface area contributed by atoms with Crippen molar-refractivity contribution in [2.24, 2.45) is 0 Å². The van der Waals surface area contributed by atoms with Crippen molar-refractivity contribution in [3.8, 4) is 5.75 Å². The van der Waals surface area contributed by atoms with Crippen LogP contribution in [-0.4, -0.2) is 26.1 Å². The van der Waals surface area contributed by atoms with Gasteiger partial charge in [0.1, 0.15) is 12.4 Å². The van der Waals surface area contributed by atoms with E-state index < -0.39 is 0 Å². The number of ketones is 1. The molecule has 0 saturated carbocycles. The Balaban J connectivity index is 1.98. The van der Waals surface area contributed by atoms with Crippen LogP contribution in [0.2, 0.25) is 0 Å². The minimum absolute atomic E-state index is 0.0192. The molecule has 0 unspecified atom stereocenters. The Bertz CT molecular complexity index is 573. The van der Waals surface area contributed by atoms with Gasteiger partial charge in [-0.05, 0) is 35.2 Å². The van der Waals surface area contributed by atoms with E-state index in [9.17, 15) is 4.79 Å². The van der Waals surface area contributed by atoms with Crippen LogP contribution in [0.4, 0.5) is 0 Å². The molecule has 3 nitrogen and oxygen atoms in total. The van der Waals surface area contributed by atoms with Gasteiger partial charge in [0.15, 0.2) is 5.78 Å². The van der Waals surface area contributed by atoms with Crippen molar-refractivity contribution in [1.82, 2.24) is 0 Å². The molecule has 2 aromatic rings. The first-order valence-electron chi connectivity index (χ1n) is 6.27. The molecule has 20 heavy (non-hydrogen) atoms. The smallest absolute Gasteiger partial charge is 0.195 e. The van der Waals surface area contributed by atoms with Crippen molar-refractivity contribution in [1.29, 1.82) is 0 Å². The number of carbonyl (C=O) groups excluding carboxylic acids is 1. The molecule has 0 radical (unpaired) electrons. The topological polar surface area (TPSA) is 35.5 Å². The van der Waals surface area contributed by atoms with Gasteiger partial charge in [0, 0.05) is 7.11 Å². The summed E-state index contributed by atoms with van der Waals surface area (Å²) in [5, 5.41) is 1.89. The lowest BCUT2D eigenvalue weighted by Gasteiger charge is -2.05. The summed E-state index contributed by atoms with van der Waals surface area (Å²) >= 11 is 1.44. The zero-order valence-electron chi connectivity index (χ0n) is 11.2. The van der Waals surface area contributed by atoms with Crippen molar-refractivity contribution in [3.63, 3.8) is 0 Å². The van der Waals surface area contributed by atoms with Crippen molar-refractivity contribution in [3.05, 3.63) is 58.3 Å². The van der Waals surface area contributed by atoms with E-state index in [0.29, 0.717) is 13.2 Å². The highest BCUT2D eigenvalue weighted by atomic mass is 32.1. The van der Waals surface area contributed by atoms with Crippen LogP contribution in [0.5, 0.6) is 5.75 Å². The van der Waals surface area contributed by atoms with Crippen molar-refractivity contribution in [2.45, 2.75) is 0 Å². The van der Waals surface area contributed by atoms with E-state index in [-0.39, 0.29) is 5.78 Å². The standard InChI is InChI=1S/C16H16O3S/c1-18-9-10-19-14-5-2-4-13(12-14)7-8-15(17)16-6-3-11-20-16/h2-8,11-12H,9-10H2,1H3. The Morgan fingerprint density at radius 2 is 2.15 bits per heavy atom. The number of benzene rings is 1. The third kappa shape index (κ3) is 4.33. The molecule has 0 fully saturated rings. The van der Waals surface area contributed by atoms with E-state index in [4.69, 9.17) is 9.47 Å². The summed E-state index contributed by atoms with van der Waals surface area (Å²) < 4.78 is 10.5. The SMILES string of the molecule is COCCOc1cccc(C=CC(=O)c2cccs2)c1. The molecule has 0 spiro atoms. The summed E-state index contributed by atoms with van der Waals surface area (Å²) in [7, 11) is 1.64. The molecule has 1 aromatic carbocycles. The fourth-order valence-corrected chi connectivity index (χ4v) is 2.27. The molecule has 0 saturated heterocycles. The van der Waals surface area contributed by atoms with Crippen LogP contribution in [0.3, 0.4) is 0 Å². The lowest BCUT2D eigenvalue weighted by molar-refractivity contribution is 0.105. The third-order valence-electron chi connectivity index (χ3n) is 2.61. The number of methoxy groups -OCH3 is 1. The molecule has 0 atom stereocenters. The summed E-state index contributed by atoms with van der Waals surface area (Å²) in [4.78, 5) is 12.6. The van der Waals surface area contributed by atoms with Crippen LogP contribution in [-0.2, 0) is 4.74 Å². The van der Waals surface area contributed by atoms with Gasteiger partial charge in [-0.2, -0.15) is 0 Å². The second-order valence-electron chi connectivity index (χ2n) is 4.09. The number of rotatable bonds is 7. The first kappa shape index (κ1) is 14.5. The average Bonchev–Trinajstić information content (AvgIpc) is 3.00. The van der Waals surface area contributed by atoms with Gasteiger partial charge in [-0.3, -0.25) is 4.79 Å². The predicted octanol–water partition coefficient (Wildman–Crippen LogP) is 3.67. The van der Waals surface area contributed by atoms with Gasteiger partial charge in [-0.15, -0.1) is 11.3 Å². The number of ether oxygens (including phenoxy) is 2. The van der Waals surface area contributed by atoms with E-state index >= 15 is 0 Å². The number of allylic oxidation sites excluding steroid dienone is 1. The van der Waals surface area contributed by atoms with Crippen molar-refractivity contribution >= 4 is 23.2 Å².